The topological polar surface area (TPSA) is 35.5 Å². The molecule has 1 aliphatic heterocycles. The molecular weight excluding hydrogens is 274 g/mol. The van der Waals surface area contributed by atoms with Crippen LogP contribution in [0.1, 0.15) is 38.2 Å². The van der Waals surface area contributed by atoms with Gasteiger partial charge in [0, 0.05) is 12.6 Å². The molecule has 1 aromatic carbocycles. The second kappa shape index (κ2) is 7.71. The molecule has 1 saturated heterocycles. The number of aromatic hydroxyl groups is 1. The Morgan fingerprint density at radius 3 is 2.67 bits per heavy atom. The lowest BCUT2D eigenvalue weighted by Gasteiger charge is -2.33. The molecule has 0 spiro atoms. The fourth-order valence-corrected chi connectivity index (χ4v) is 2.85. The first-order chi connectivity index (χ1) is 10.1. The van der Waals surface area contributed by atoms with Crippen LogP contribution in [0.5, 0.6) is 5.75 Å². The Bertz CT molecular complexity index is 445. The Morgan fingerprint density at radius 1 is 1.29 bits per heavy atom. The molecule has 2 N–H and O–H groups in total. The smallest absolute Gasteiger partial charge is 0.187 e. The Morgan fingerprint density at radius 2 is 2.00 bits per heavy atom. The molecule has 0 aromatic heterocycles. The normalized spacial score (nSPS) is 19.9. The third-order valence-corrected chi connectivity index (χ3v) is 4.15. The van der Waals surface area contributed by atoms with Gasteiger partial charge in [-0.2, -0.15) is 0 Å². The minimum absolute atomic E-state index is 0.406. The van der Waals surface area contributed by atoms with Crippen LogP contribution in [0, 0.1) is 11.6 Å². The molecule has 1 heterocycles. The fourth-order valence-electron chi connectivity index (χ4n) is 2.85. The van der Waals surface area contributed by atoms with E-state index in [9.17, 15) is 8.78 Å². The predicted molar refractivity (Wildman–Crippen MR) is 79.2 cm³/mol. The van der Waals surface area contributed by atoms with E-state index in [0.717, 1.165) is 31.6 Å². The maximum absolute atomic E-state index is 13.2. The van der Waals surface area contributed by atoms with E-state index < -0.39 is 17.4 Å². The molecule has 2 rings (SSSR count). The predicted octanol–water partition coefficient (Wildman–Crippen LogP) is 3.02. The van der Waals surface area contributed by atoms with Crippen LogP contribution >= 0.6 is 0 Å². The maximum atomic E-state index is 13.2. The van der Waals surface area contributed by atoms with Gasteiger partial charge in [-0.05, 0) is 63.5 Å². The highest BCUT2D eigenvalue weighted by molar-refractivity contribution is 5.29. The van der Waals surface area contributed by atoms with Gasteiger partial charge < -0.3 is 15.3 Å². The van der Waals surface area contributed by atoms with Crippen molar-refractivity contribution in [1.29, 1.82) is 0 Å². The van der Waals surface area contributed by atoms with E-state index in [1.54, 1.807) is 0 Å². The van der Waals surface area contributed by atoms with E-state index >= 15 is 0 Å². The highest BCUT2D eigenvalue weighted by Crippen LogP contribution is 2.21. The van der Waals surface area contributed by atoms with Crippen LogP contribution < -0.4 is 5.32 Å². The summed E-state index contributed by atoms with van der Waals surface area (Å²) in [6, 6.07) is 3.00. The zero-order chi connectivity index (χ0) is 15.2. The molecule has 0 radical (unpaired) electrons. The second-order valence-electron chi connectivity index (χ2n) is 5.82. The van der Waals surface area contributed by atoms with Crippen molar-refractivity contribution in [3.8, 4) is 5.75 Å². The number of nitrogens with zero attached hydrogens (tertiary/aromatic N) is 1. The van der Waals surface area contributed by atoms with Crippen molar-refractivity contribution in [3.63, 3.8) is 0 Å². The van der Waals surface area contributed by atoms with Gasteiger partial charge in [0.05, 0.1) is 0 Å². The summed E-state index contributed by atoms with van der Waals surface area (Å²) in [6.45, 7) is 5.73. The monoisotopic (exact) mass is 298 g/mol. The van der Waals surface area contributed by atoms with E-state index in [0.29, 0.717) is 18.2 Å². The third-order valence-electron chi connectivity index (χ3n) is 4.15. The minimum atomic E-state index is -0.908. The average molecular weight is 298 g/mol. The van der Waals surface area contributed by atoms with Gasteiger partial charge in [-0.15, -0.1) is 0 Å². The molecule has 1 atom stereocenters. The highest BCUT2D eigenvalue weighted by Gasteiger charge is 2.17. The number of phenolic OH excluding ortho intramolecular Hbond substituents is 1. The van der Waals surface area contributed by atoms with Gasteiger partial charge in [0.15, 0.2) is 17.4 Å². The van der Waals surface area contributed by atoms with Crippen LogP contribution in [0.2, 0.25) is 0 Å². The van der Waals surface area contributed by atoms with Crippen molar-refractivity contribution in [2.75, 3.05) is 19.6 Å². The maximum Gasteiger partial charge on any atom is 0.187 e. The lowest BCUT2D eigenvalue weighted by molar-refractivity contribution is 0.159. The summed E-state index contributed by atoms with van der Waals surface area (Å²) in [5.41, 5.74) is 0.508. The first kappa shape index (κ1) is 16.2. The number of benzene rings is 1. The lowest BCUT2D eigenvalue weighted by atomic mass is 10.0. The van der Waals surface area contributed by atoms with Gasteiger partial charge in [-0.3, -0.25) is 0 Å². The molecular formula is C16H24F2N2O. The molecule has 21 heavy (non-hydrogen) atoms. The number of likely N-dealkylation sites (tertiary alicyclic amines) is 1. The van der Waals surface area contributed by atoms with Gasteiger partial charge in [0.2, 0.25) is 0 Å². The summed E-state index contributed by atoms with van der Waals surface area (Å²) >= 11 is 0. The van der Waals surface area contributed by atoms with Crippen LogP contribution in [-0.4, -0.2) is 35.7 Å². The molecule has 0 amide bonds. The quantitative estimate of drug-likeness (QED) is 0.793. The summed E-state index contributed by atoms with van der Waals surface area (Å²) in [5, 5.41) is 12.2. The van der Waals surface area contributed by atoms with Gasteiger partial charge in [-0.1, -0.05) is 6.42 Å². The summed E-state index contributed by atoms with van der Waals surface area (Å²) in [6.07, 6.45) is 4.91. The van der Waals surface area contributed by atoms with Gasteiger partial charge in [0.25, 0.3) is 0 Å². The van der Waals surface area contributed by atoms with E-state index in [1.807, 2.05) is 0 Å². The summed E-state index contributed by atoms with van der Waals surface area (Å²) in [4.78, 5) is 2.51. The second-order valence-corrected chi connectivity index (χ2v) is 5.82. The summed E-state index contributed by atoms with van der Waals surface area (Å²) < 4.78 is 26.4. The molecule has 0 bridgehead atoms. The molecule has 1 fully saturated rings. The SMILES string of the molecule is CC1CCCCN1CCCNCc1cc(F)c(O)c(F)c1. The molecule has 3 nitrogen and oxygen atoms in total. The standard InChI is InChI=1S/C16H24F2N2O/c1-12-5-2-3-7-20(12)8-4-6-19-11-13-9-14(17)16(21)15(18)10-13/h9-10,12,19,21H,2-8,11H2,1H3. The van der Waals surface area contributed by atoms with Crippen molar-refractivity contribution in [2.45, 2.75) is 45.2 Å². The number of hydrogen-bond donors (Lipinski definition) is 2. The molecule has 5 heteroatoms. The molecule has 1 unspecified atom stereocenters. The van der Waals surface area contributed by atoms with Gasteiger partial charge >= 0.3 is 0 Å². The van der Waals surface area contributed by atoms with Crippen LogP contribution in [-0.2, 0) is 6.54 Å². The minimum Gasteiger partial charge on any atom is -0.503 e. The Kier molecular flexibility index (Phi) is 5.94. The molecule has 118 valence electrons. The largest absolute Gasteiger partial charge is 0.503 e. The van der Waals surface area contributed by atoms with Crippen LogP contribution in [0.4, 0.5) is 8.78 Å². The number of nitrogens with one attached hydrogen (secondary N) is 1. The molecule has 1 aliphatic rings. The number of rotatable bonds is 6. The van der Waals surface area contributed by atoms with Crippen molar-refractivity contribution in [2.24, 2.45) is 0 Å². The van der Waals surface area contributed by atoms with E-state index in [-0.39, 0.29) is 0 Å². The molecule has 0 aliphatic carbocycles. The zero-order valence-electron chi connectivity index (χ0n) is 12.5. The van der Waals surface area contributed by atoms with Crippen LogP contribution in [0.3, 0.4) is 0 Å². The zero-order valence-corrected chi connectivity index (χ0v) is 12.5. The third kappa shape index (κ3) is 4.64. The van der Waals surface area contributed by atoms with Crippen LogP contribution in [0.15, 0.2) is 12.1 Å². The first-order valence-electron chi connectivity index (χ1n) is 7.69. The average Bonchev–Trinajstić information content (AvgIpc) is 2.46. The van der Waals surface area contributed by atoms with E-state index in [4.69, 9.17) is 5.11 Å². The van der Waals surface area contributed by atoms with Gasteiger partial charge in [-0.25, -0.2) is 8.78 Å². The number of hydrogen-bond acceptors (Lipinski definition) is 3. The fraction of sp³-hybridized carbons (Fsp3) is 0.625. The van der Waals surface area contributed by atoms with Crippen molar-refractivity contribution < 1.29 is 13.9 Å². The first-order valence-corrected chi connectivity index (χ1v) is 7.69. The Hall–Kier alpha value is -1.20. The van der Waals surface area contributed by atoms with Crippen molar-refractivity contribution in [1.82, 2.24) is 10.2 Å². The van der Waals surface area contributed by atoms with E-state index in [1.165, 1.54) is 25.8 Å². The lowest BCUT2D eigenvalue weighted by Crippen LogP contribution is -2.38. The molecule has 0 saturated carbocycles. The van der Waals surface area contributed by atoms with Crippen molar-refractivity contribution >= 4 is 0 Å². The number of phenols is 1. The Labute approximate surface area is 125 Å². The van der Waals surface area contributed by atoms with E-state index in [2.05, 4.69) is 17.1 Å². The number of piperidine rings is 1. The van der Waals surface area contributed by atoms with Gasteiger partial charge in [0.1, 0.15) is 0 Å². The Balaban J connectivity index is 1.68. The summed E-state index contributed by atoms with van der Waals surface area (Å²) in [7, 11) is 0. The molecule has 1 aromatic rings. The highest BCUT2D eigenvalue weighted by atomic mass is 19.1. The number of halogens is 2. The summed E-state index contributed by atoms with van der Waals surface area (Å²) in [5.74, 6) is -2.72. The van der Waals surface area contributed by atoms with Crippen LogP contribution in [0.25, 0.3) is 0 Å². The van der Waals surface area contributed by atoms with Crippen molar-refractivity contribution in [3.05, 3.63) is 29.3 Å².